The number of hydrogen-bond donors (Lipinski definition) is 0. The van der Waals surface area contributed by atoms with Crippen molar-refractivity contribution in [2.24, 2.45) is 5.41 Å². The molecule has 0 radical (unpaired) electrons. The van der Waals surface area contributed by atoms with Crippen LogP contribution in [0.5, 0.6) is 0 Å². The summed E-state index contributed by atoms with van der Waals surface area (Å²) in [6, 6.07) is 4.29. The fourth-order valence-corrected chi connectivity index (χ4v) is 2.05. The molecule has 5 nitrogen and oxygen atoms in total. The van der Waals surface area contributed by atoms with Crippen LogP contribution in [0.1, 0.15) is 25.2 Å². The Morgan fingerprint density at radius 2 is 2.11 bits per heavy atom. The van der Waals surface area contributed by atoms with Gasteiger partial charge in [-0.2, -0.15) is 15.6 Å². The first-order valence-corrected chi connectivity index (χ1v) is 6.30. The molecule has 0 unspecified atom stereocenters. The fourth-order valence-electron chi connectivity index (χ4n) is 1.54. The summed E-state index contributed by atoms with van der Waals surface area (Å²) in [5, 5.41) is 22.3. The lowest BCUT2D eigenvalue weighted by Gasteiger charge is -2.16. The first kappa shape index (κ1) is 14.7. The lowest BCUT2D eigenvalue weighted by atomic mass is 9.89. The fraction of sp³-hybridized carbons (Fsp3) is 0.583. The average Bonchev–Trinajstić information content (AvgIpc) is 2.64. The quantitative estimate of drug-likeness (QED) is 0.836. The number of halogens is 1. The van der Waals surface area contributed by atoms with Gasteiger partial charge in [-0.3, -0.25) is 4.68 Å². The summed E-state index contributed by atoms with van der Waals surface area (Å²) in [5.74, 6) is 0. The third-order valence-corrected chi connectivity index (χ3v) is 3.35. The molecule has 1 heterocycles. The van der Waals surface area contributed by atoms with Crippen molar-refractivity contribution in [3.8, 4) is 12.1 Å². The van der Waals surface area contributed by atoms with Gasteiger partial charge >= 0.3 is 0 Å². The largest absolute Gasteiger partial charge is 0.383 e. The highest BCUT2D eigenvalue weighted by Gasteiger charge is 2.24. The molecular formula is C12H15BrN4O. The number of hydrogen-bond acceptors (Lipinski definition) is 4. The number of ether oxygens (including phenoxy) is 1. The second-order valence-corrected chi connectivity index (χ2v) is 5.40. The molecule has 1 aromatic rings. The van der Waals surface area contributed by atoms with E-state index in [1.807, 2.05) is 19.9 Å². The Hall–Kier alpha value is -1.37. The Bertz CT molecular complexity index is 507. The van der Waals surface area contributed by atoms with E-state index in [9.17, 15) is 0 Å². The zero-order chi connectivity index (χ0) is 13.8. The van der Waals surface area contributed by atoms with Gasteiger partial charge in [0.2, 0.25) is 0 Å². The maximum atomic E-state index is 9.09. The minimum absolute atomic E-state index is 0.342. The minimum atomic E-state index is -0.500. The van der Waals surface area contributed by atoms with E-state index < -0.39 is 5.41 Å². The zero-order valence-corrected chi connectivity index (χ0v) is 12.3. The number of methoxy groups -OCH3 is 1. The Morgan fingerprint density at radius 1 is 1.44 bits per heavy atom. The van der Waals surface area contributed by atoms with Crippen molar-refractivity contribution >= 4 is 15.9 Å². The average molecular weight is 311 g/mol. The Morgan fingerprint density at radius 3 is 2.61 bits per heavy atom. The first-order chi connectivity index (χ1) is 8.45. The number of nitrogens with zero attached hydrogens (tertiary/aromatic N) is 4. The minimum Gasteiger partial charge on any atom is -0.383 e. The van der Waals surface area contributed by atoms with Gasteiger partial charge in [0.1, 0.15) is 6.07 Å². The smallest absolute Gasteiger partial charge is 0.176 e. The van der Waals surface area contributed by atoms with Crippen molar-refractivity contribution in [3.05, 3.63) is 15.9 Å². The molecule has 18 heavy (non-hydrogen) atoms. The lowest BCUT2D eigenvalue weighted by Crippen LogP contribution is -2.17. The molecular weight excluding hydrogens is 296 g/mol. The van der Waals surface area contributed by atoms with Crippen LogP contribution in [-0.4, -0.2) is 23.5 Å². The molecule has 0 spiro atoms. The van der Waals surface area contributed by atoms with Crippen LogP contribution in [0.4, 0.5) is 0 Å². The van der Waals surface area contributed by atoms with E-state index in [4.69, 9.17) is 15.3 Å². The van der Waals surface area contributed by atoms with Gasteiger partial charge in [-0.15, -0.1) is 0 Å². The zero-order valence-electron chi connectivity index (χ0n) is 10.7. The van der Waals surface area contributed by atoms with Crippen LogP contribution in [0.25, 0.3) is 0 Å². The van der Waals surface area contributed by atoms with Gasteiger partial charge in [-0.25, -0.2) is 0 Å². The Labute approximate surface area is 115 Å². The van der Waals surface area contributed by atoms with Crippen LogP contribution in [0.3, 0.4) is 0 Å². The second kappa shape index (κ2) is 5.99. The van der Waals surface area contributed by atoms with E-state index in [-0.39, 0.29) is 0 Å². The topological polar surface area (TPSA) is 74.6 Å². The molecule has 0 aliphatic heterocycles. The van der Waals surface area contributed by atoms with Gasteiger partial charge in [-0.05, 0) is 29.8 Å². The van der Waals surface area contributed by atoms with Gasteiger partial charge in [0.25, 0.3) is 0 Å². The van der Waals surface area contributed by atoms with Crippen molar-refractivity contribution in [3.63, 3.8) is 0 Å². The molecule has 0 bridgehead atoms. The molecule has 0 saturated carbocycles. The lowest BCUT2D eigenvalue weighted by molar-refractivity contribution is 0.182. The summed E-state index contributed by atoms with van der Waals surface area (Å²) in [4.78, 5) is 0. The molecule has 0 amide bonds. The summed E-state index contributed by atoms with van der Waals surface area (Å²) < 4.78 is 7.41. The van der Waals surface area contributed by atoms with Gasteiger partial charge in [0.15, 0.2) is 5.69 Å². The molecule has 0 aliphatic carbocycles. The predicted molar refractivity (Wildman–Crippen MR) is 69.6 cm³/mol. The number of rotatable bonds is 5. The highest BCUT2D eigenvalue weighted by Crippen LogP contribution is 2.28. The Kier molecular flexibility index (Phi) is 4.89. The summed E-state index contributed by atoms with van der Waals surface area (Å²) in [7, 11) is 1.61. The van der Waals surface area contributed by atoms with Crippen LogP contribution in [0, 0.1) is 28.1 Å². The highest BCUT2D eigenvalue weighted by atomic mass is 79.9. The molecule has 0 aromatic carbocycles. The van der Waals surface area contributed by atoms with Crippen LogP contribution in [0.2, 0.25) is 0 Å². The van der Waals surface area contributed by atoms with Crippen molar-refractivity contribution < 1.29 is 4.74 Å². The van der Waals surface area contributed by atoms with Crippen LogP contribution in [0.15, 0.2) is 4.47 Å². The normalized spacial score (nSPS) is 11.0. The monoisotopic (exact) mass is 310 g/mol. The van der Waals surface area contributed by atoms with Crippen molar-refractivity contribution in [1.29, 1.82) is 10.5 Å². The van der Waals surface area contributed by atoms with E-state index in [0.717, 1.165) is 5.69 Å². The summed E-state index contributed by atoms with van der Waals surface area (Å²) in [6.07, 6.45) is 0.530. The molecule has 0 fully saturated rings. The standard InChI is InChI=1S/C12H15BrN4O/c1-12(2,8-15)6-10-11(13)9(7-14)16-17(10)4-5-18-3/h4-6H2,1-3H3. The van der Waals surface area contributed by atoms with E-state index >= 15 is 0 Å². The number of aromatic nitrogens is 2. The maximum Gasteiger partial charge on any atom is 0.176 e. The molecule has 0 N–H and O–H groups in total. The second-order valence-electron chi connectivity index (χ2n) is 4.61. The molecule has 0 atom stereocenters. The third-order valence-electron chi connectivity index (χ3n) is 2.52. The van der Waals surface area contributed by atoms with E-state index in [0.29, 0.717) is 29.7 Å². The van der Waals surface area contributed by atoms with Crippen molar-refractivity contribution in [1.82, 2.24) is 9.78 Å². The van der Waals surface area contributed by atoms with Gasteiger partial charge in [0.05, 0.1) is 34.8 Å². The highest BCUT2D eigenvalue weighted by molar-refractivity contribution is 9.10. The number of nitriles is 2. The molecule has 96 valence electrons. The van der Waals surface area contributed by atoms with Gasteiger partial charge < -0.3 is 4.74 Å². The maximum absolute atomic E-state index is 9.09. The van der Waals surface area contributed by atoms with E-state index in [2.05, 4.69) is 27.1 Å². The molecule has 0 saturated heterocycles. The SMILES string of the molecule is COCCn1nc(C#N)c(Br)c1CC(C)(C)C#N. The molecule has 0 aliphatic rings. The van der Waals surface area contributed by atoms with Gasteiger partial charge in [-0.1, -0.05) is 0 Å². The van der Waals surface area contributed by atoms with Crippen LogP contribution >= 0.6 is 15.9 Å². The van der Waals surface area contributed by atoms with Crippen LogP contribution < -0.4 is 0 Å². The molecule has 1 aromatic heterocycles. The van der Waals surface area contributed by atoms with Crippen molar-refractivity contribution in [2.75, 3.05) is 13.7 Å². The predicted octanol–water partition coefficient (Wildman–Crippen LogP) is 2.26. The first-order valence-electron chi connectivity index (χ1n) is 5.50. The van der Waals surface area contributed by atoms with Crippen molar-refractivity contribution in [2.45, 2.75) is 26.8 Å². The third kappa shape index (κ3) is 3.32. The van der Waals surface area contributed by atoms with E-state index in [1.54, 1.807) is 11.8 Å². The molecule has 1 rings (SSSR count). The van der Waals surface area contributed by atoms with Crippen LogP contribution in [-0.2, 0) is 17.7 Å². The summed E-state index contributed by atoms with van der Waals surface area (Å²) in [6.45, 7) is 4.80. The van der Waals surface area contributed by atoms with E-state index in [1.165, 1.54) is 0 Å². The van der Waals surface area contributed by atoms with Gasteiger partial charge in [0, 0.05) is 13.5 Å². The Balaban J connectivity index is 3.12. The summed E-state index contributed by atoms with van der Waals surface area (Å²) in [5.41, 5.74) is 0.699. The summed E-state index contributed by atoms with van der Waals surface area (Å²) >= 11 is 3.38. The molecule has 6 heteroatoms.